The molecule has 1 fully saturated rings. The SMILES string of the molecule is C1CC[N-]CC1.[W]. The van der Waals surface area contributed by atoms with E-state index in [1.165, 1.54) is 19.3 Å². The average molecular weight is 268 g/mol. The number of nitrogens with zero attached hydrogens (tertiary/aromatic N) is 1. The summed E-state index contributed by atoms with van der Waals surface area (Å²) in [7, 11) is 0. The zero-order chi connectivity index (χ0) is 4.24. The Labute approximate surface area is 59.1 Å². The minimum absolute atomic E-state index is 0. The van der Waals surface area contributed by atoms with E-state index < -0.39 is 0 Å². The second-order valence-corrected chi connectivity index (χ2v) is 1.73. The topological polar surface area (TPSA) is 14.1 Å². The van der Waals surface area contributed by atoms with Crippen LogP contribution in [-0.4, -0.2) is 13.1 Å². The summed E-state index contributed by atoms with van der Waals surface area (Å²) in [6, 6.07) is 0. The summed E-state index contributed by atoms with van der Waals surface area (Å²) in [5.41, 5.74) is 0. The zero-order valence-electron chi connectivity index (χ0n) is 4.39. The van der Waals surface area contributed by atoms with Crippen molar-refractivity contribution in [2.75, 3.05) is 13.1 Å². The van der Waals surface area contributed by atoms with Crippen molar-refractivity contribution in [1.82, 2.24) is 0 Å². The molecule has 2 heteroatoms. The van der Waals surface area contributed by atoms with Crippen LogP contribution in [0.1, 0.15) is 19.3 Å². The van der Waals surface area contributed by atoms with Gasteiger partial charge in [-0.05, 0) is 0 Å². The van der Waals surface area contributed by atoms with Crippen LogP contribution < -0.4 is 0 Å². The Balaban J connectivity index is 0.000000360. The smallest absolute Gasteiger partial charge is 0 e. The second-order valence-electron chi connectivity index (χ2n) is 1.73. The summed E-state index contributed by atoms with van der Waals surface area (Å²) in [6.07, 6.45) is 4.07. The van der Waals surface area contributed by atoms with Gasteiger partial charge in [-0.15, -0.1) is 13.1 Å². The van der Waals surface area contributed by atoms with E-state index in [1.807, 2.05) is 0 Å². The molecule has 0 spiro atoms. The summed E-state index contributed by atoms with van der Waals surface area (Å²) in [6.45, 7) is 2.25. The van der Waals surface area contributed by atoms with E-state index >= 15 is 0 Å². The van der Waals surface area contributed by atoms with Crippen LogP contribution in [0.4, 0.5) is 0 Å². The van der Waals surface area contributed by atoms with E-state index in [0.717, 1.165) is 13.1 Å². The second kappa shape index (κ2) is 4.80. The van der Waals surface area contributed by atoms with Gasteiger partial charge in [-0.3, -0.25) is 0 Å². The van der Waals surface area contributed by atoms with E-state index in [4.69, 9.17) is 0 Å². The fourth-order valence-electron chi connectivity index (χ4n) is 0.736. The van der Waals surface area contributed by atoms with Crippen molar-refractivity contribution >= 4 is 0 Å². The van der Waals surface area contributed by atoms with Gasteiger partial charge in [-0.2, -0.15) is 0 Å². The molecule has 0 aliphatic carbocycles. The van der Waals surface area contributed by atoms with Crippen LogP contribution in [0.2, 0.25) is 0 Å². The van der Waals surface area contributed by atoms with Gasteiger partial charge in [-0.25, -0.2) is 0 Å². The Morgan fingerprint density at radius 2 is 1.43 bits per heavy atom. The van der Waals surface area contributed by atoms with Gasteiger partial charge in [0.15, 0.2) is 0 Å². The first-order valence-corrected chi connectivity index (χ1v) is 2.63. The maximum atomic E-state index is 4.18. The monoisotopic (exact) mass is 268 g/mol. The normalized spacial score (nSPS) is 20.6. The maximum Gasteiger partial charge on any atom is 0 e. The first kappa shape index (κ1) is 7.65. The van der Waals surface area contributed by atoms with E-state index in [1.54, 1.807) is 0 Å². The Hall–Kier alpha value is 0.648. The largest absolute Gasteiger partial charge is 0.662 e. The third kappa shape index (κ3) is 3.25. The molecule has 42 valence electrons. The van der Waals surface area contributed by atoms with Crippen LogP contribution in [0.25, 0.3) is 5.32 Å². The van der Waals surface area contributed by atoms with Gasteiger partial charge in [0.25, 0.3) is 0 Å². The number of rotatable bonds is 0. The molecule has 0 unspecified atom stereocenters. The van der Waals surface area contributed by atoms with Crippen molar-refractivity contribution in [3.05, 3.63) is 5.32 Å². The molecule has 7 heavy (non-hydrogen) atoms. The molecule has 0 radical (unpaired) electrons. The fraction of sp³-hybridized carbons (Fsp3) is 1.00. The van der Waals surface area contributed by atoms with Crippen LogP contribution in [-0.2, 0) is 21.1 Å². The molecule has 0 N–H and O–H groups in total. The van der Waals surface area contributed by atoms with Crippen LogP contribution in [0.15, 0.2) is 0 Å². The molecule has 0 aromatic carbocycles. The molecule has 1 heterocycles. The van der Waals surface area contributed by atoms with Gasteiger partial charge in [0.05, 0.1) is 0 Å². The minimum atomic E-state index is 0. The van der Waals surface area contributed by atoms with Gasteiger partial charge in [0, 0.05) is 21.1 Å². The van der Waals surface area contributed by atoms with Gasteiger partial charge in [0.2, 0.25) is 0 Å². The van der Waals surface area contributed by atoms with Crippen LogP contribution >= 0.6 is 0 Å². The van der Waals surface area contributed by atoms with Crippen LogP contribution in [0.3, 0.4) is 0 Å². The third-order valence-corrected chi connectivity index (χ3v) is 1.13. The Bertz CT molecular complexity index is 23.6. The quantitative estimate of drug-likeness (QED) is 0.632. The summed E-state index contributed by atoms with van der Waals surface area (Å²) in [4.78, 5) is 0. The van der Waals surface area contributed by atoms with E-state index in [9.17, 15) is 0 Å². The molecule has 1 nitrogen and oxygen atoms in total. The number of piperidine rings is 1. The molecule has 0 aromatic heterocycles. The molecule has 1 aliphatic rings. The van der Waals surface area contributed by atoms with Crippen molar-refractivity contribution in [3.63, 3.8) is 0 Å². The number of hydrogen-bond acceptors (Lipinski definition) is 0. The van der Waals surface area contributed by atoms with Gasteiger partial charge in [-0.1, -0.05) is 19.3 Å². The predicted octanol–water partition coefficient (Wildman–Crippen LogP) is 1.54. The number of hydrogen-bond donors (Lipinski definition) is 0. The molecule has 1 aliphatic heterocycles. The van der Waals surface area contributed by atoms with Crippen molar-refractivity contribution in [2.45, 2.75) is 19.3 Å². The molecular weight excluding hydrogens is 258 g/mol. The molecular formula is C5H10NW-. The van der Waals surface area contributed by atoms with E-state index in [2.05, 4.69) is 5.32 Å². The van der Waals surface area contributed by atoms with Crippen molar-refractivity contribution < 1.29 is 21.1 Å². The standard InChI is InChI=1S/C5H10N.W/c1-2-4-6-5-3-1;/h1-5H2;/q-1;. The summed E-state index contributed by atoms with van der Waals surface area (Å²) < 4.78 is 0. The fourth-order valence-corrected chi connectivity index (χ4v) is 0.736. The average Bonchev–Trinajstić information content (AvgIpc) is 1.72. The molecule has 0 saturated carbocycles. The van der Waals surface area contributed by atoms with Gasteiger partial charge < -0.3 is 5.32 Å². The molecule has 0 amide bonds. The van der Waals surface area contributed by atoms with Crippen molar-refractivity contribution in [3.8, 4) is 0 Å². The summed E-state index contributed by atoms with van der Waals surface area (Å²) in [5, 5.41) is 4.18. The summed E-state index contributed by atoms with van der Waals surface area (Å²) in [5.74, 6) is 0. The van der Waals surface area contributed by atoms with Crippen LogP contribution in [0.5, 0.6) is 0 Å². The van der Waals surface area contributed by atoms with E-state index in [0.29, 0.717) is 0 Å². The Morgan fingerprint density at radius 3 is 1.57 bits per heavy atom. The first-order chi connectivity index (χ1) is 3.00. The Kier molecular flexibility index (Phi) is 5.24. The maximum absolute atomic E-state index is 4.18. The van der Waals surface area contributed by atoms with Gasteiger partial charge >= 0.3 is 0 Å². The van der Waals surface area contributed by atoms with Crippen molar-refractivity contribution in [2.24, 2.45) is 0 Å². The van der Waals surface area contributed by atoms with Crippen LogP contribution in [0, 0.1) is 0 Å². The van der Waals surface area contributed by atoms with Crippen molar-refractivity contribution in [1.29, 1.82) is 0 Å². The molecule has 1 saturated heterocycles. The Morgan fingerprint density at radius 1 is 0.857 bits per heavy atom. The molecule has 0 aromatic rings. The molecule has 0 atom stereocenters. The minimum Gasteiger partial charge on any atom is -0.662 e. The van der Waals surface area contributed by atoms with Gasteiger partial charge in [0.1, 0.15) is 0 Å². The molecule has 1 rings (SSSR count). The van der Waals surface area contributed by atoms with E-state index in [-0.39, 0.29) is 21.1 Å². The first-order valence-electron chi connectivity index (χ1n) is 2.63. The zero-order valence-corrected chi connectivity index (χ0v) is 7.32. The third-order valence-electron chi connectivity index (χ3n) is 1.13. The predicted molar refractivity (Wildman–Crippen MR) is 26.9 cm³/mol. The summed E-state index contributed by atoms with van der Waals surface area (Å²) >= 11 is 0. The molecule has 0 bridgehead atoms.